The van der Waals surface area contributed by atoms with E-state index in [0.29, 0.717) is 0 Å². The number of aryl methyl sites for hydroxylation is 1. The summed E-state index contributed by atoms with van der Waals surface area (Å²) >= 11 is 0. The number of rotatable bonds is 0. The minimum Gasteiger partial charge on any atom is -0.480 e. The standard InChI is InChI=1S/C13H18O2/c1-9-7-6-8-10-11(9)15-13(4,5)12(2,3)14-10/h6-8H,1-5H3. The number of hydrogen-bond acceptors (Lipinski definition) is 2. The highest BCUT2D eigenvalue weighted by Crippen LogP contribution is 2.44. The highest BCUT2D eigenvalue weighted by Gasteiger charge is 2.45. The molecule has 1 aromatic carbocycles. The quantitative estimate of drug-likeness (QED) is 0.648. The van der Waals surface area contributed by atoms with E-state index >= 15 is 0 Å². The van der Waals surface area contributed by atoms with Crippen LogP contribution in [0.1, 0.15) is 33.3 Å². The summed E-state index contributed by atoms with van der Waals surface area (Å²) < 4.78 is 12.0. The summed E-state index contributed by atoms with van der Waals surface area (Å²) in [6.07, 6.45) is 0. The average Bonchev–Trinajstić information content (AvgIpc) is 2.08. The van der Waals surface area contributed by atoms with Crippen LogP contribution in [0.15, 0.2) is 18.2 Å². The molecular weight excluding hydrogens is 188 g/mol. The first kappa shape index (κ1) is 10.3. The van der Waals surface area contributed by atoms with Crippen molar-refractivity contribution in [2.24, 2.45) is 0 Å². The van der Waals surface area contributed by atoms with Gasteiger partial charge in [0.2, 0.25) is 0 Å². The van der Waals surface area contributed by atoms with E-state index in [4.69, 9.17) is 9.47 Å². The normalized spacial score (nSPS) is 21.1. The molecule has 0 bridgehead atoms. The van der Waals surface area contributed by atoms with Gasteiger partial charge in [0.25, 0.3) is 0 Å². The van der Waals surface area contributed by atoms with E-state index < -0.39 is 0 Å². The lowest BCUT2D eigenvalue weighted by molar-refractivity contribution is -0.0995. The summed E-state index contributed by atoms with van der Waals surface area (Å²) in [5.41, 5.74) is 0.496. The predicted molar refractivity (Wildman–Crippen MR) is 60.6 cm³/mol. The topological polar surface area (TPSA) is 18.5 Å². The number of fused-ring (bicyclic) bond motifs is 1. The van der Waals surface area contributed by atoms with Gasteiger partial charge in [-0.15, -0.1) is 0 Å². The summed E-state index contributed by atoms with van der Waals surface area (Å²) in [4.78, 5) is 0. The van der Waals surface area contributed by atoms with Crippen LogP contribution >= 0.6 is 0 Å². The molecule has 0 unspecified atom stereocenters. The fourth-order valence-corrected chi connectivity index (χ4v) is 1.61. The van der Waals surface area contributed by atoms with Crippen LogP contribution in [0.5, 0.6) is 11.5 Å². The van der Waals surface area contributed by atoms with Crippen LogP contribution in [0.25, 0.3) is 0 Å². The third-order valence-electron chi connectivity index (χ3n) is 3.35. The van der Waals surface area contributed by atoms with E-state index in [1.165, 1.54) is 0 Å². The third-order valence-corrected chi connectivity index (χ3v) is 3.35. The lowest BCUT2D eigenvalue weighted by Crippen LogP contribution is -2.56. The van der Waals surface area contributed by atoms with Gasteiger partial charge in [-0.05, 0) is 46.2 Å². The number of hydrogen-bond donors (Lipinski definition) is 0. The van der Waals surface area contributed by atoms with Crippen molar-refractivity contribution in [1.29, 1.82) is 0 Å². The fourth-order valence-electron chi connectivity index (χ4n) is 1.61. The lowest BCUT2D eigenvalue weighted by Gasteiger charge is -2.46. The molecule has 0 amide bonds. The van der Waals surface area contributed by atoms with E-state index in [1.54, 1.807) is 0 Å². The highest BCUT2D eigenvalue weighted by molar-refractivity contribution is 5.48. The first-order valence-electron chi connectivity index (χ1n) is 5.31. The minimum atomic E-state index is -0.313. The zero-order chi connectivity index (χ0) is 11.3. The Bertz CT molecular complexity index is 392. The number of para-hydroxylation sites is 1. The van der Waals surface area contributed by atoms with Crippen LogP contribution in [0, 0.1) is 6.92 Å². The summed E-state index contributed by atoms with van der Waals surface area (Å²) in [7, 11) is 0. The van der Waals surface area contributed by atoms with Crippen molar-refractivity contribution in [3.63, 3.8) is 0 Å². The second-order valence-corrected chi connectivity index (χ2v) is 5.13. The predicted octanol–water partition coefficient (Wildman–Crippen LogP) is 3.32. The van der Waals surface area contributed by atoms with Gasteiger partial charge in [-0.25, -0.2) is 0 Å². The monoisotopic (exact) mass is 206 g/mol. The van der Waals surface area contributed by atoms with E-state index in [9.17, 15) is 0 Å². The van der Waals surface area contributed by atoms with Crippen LogP contribution in [0.3, 0.4) is 0 Å². The zero-order valence-electron chi connectivity index (χ0n) is 10.0. The molecule has 1 heterocycles. The molecular formula is C13H18O2. The maximum Gasteiger partial charge on any atom is 0.165 e. The Morgan fingerprint density at radius 2 is 1.53 bits per heavy atom. The smallest absolute Gasteiger partial charge is 0.165 e. The van der Waals surface area contributed by atoms with Gasteiger partial charge in [-0.1, -0.05) is 12.1 Å². The molecule has 2 heteroatoms. The van der Waals surface area contributed by atoms with E-state index in [2.05, 4.69) is 27.7 Å². The summed E-state index contributed by atoms with van der Waals surface area (Å²) in [6.45, 7) is 10.3. The molecule has 82 valence electrons. The van der Waals surface area contributed by atoms with Crippen molar-refractivity contribution in [1.82, 2.24) is 0 Å². The molecule has 15 heavy (non-hydrogen) atoms. The molecule has 2 nitrogen and oxygen atoms in total. The Morgan fingerprint density at radius 1 is 0.933 bits per heavy atom. The van der Waals surface area contributed by atoms with Gasteiger partial charge in [0.15, 0.2) is 11.5 Å². The van der Waals surface area contributed by atoms with Gasteiger partial charge in [-0.3, -0.25) is 0 Å². The lowest BCUT2D eigenvalue weighted by atomic mass is 9.87. The largest absolute Gasteiger partial charge is 0.480 e. The van der Waals surface area contributed by atoms with Crippen LogP contribution < -0.4 is 9.47 Å². The van der Waals surface area contributed by atoms with Gasteiger partial charge in [0.1, 0.15) is 11.2 Å². The molecule has 0 fully saturated rings. The molecule has 0 atom stereocenters. The zero-order valence-corrected chi connectivity index (χ0v) is 10.0. The Morgan fingerprint density at radius 3 is 2.20 bits per heavy atom. The Balaban J connectivity index is 2.52. The molecule has 2 rings (SSSR count). The van der Waals surface area contributed by atoms with E-state index in [1.807, 2.05) is 25.1 Å². The maximum atomic E-state index is 6.04. The number of ether oxygens (including phenoxy) is 2. The van der Waals surface area contributed by atoms with Gasteiger partial charge < -0.3 is 9.47 Å². The molecule has 0 saturated carbocycles. The Labute approximate surface area is 91.2 Å². The van der Waals surface area contributed by atoms with Crippen molar-refractivity contribution >= 4 is 0 Å². The van der Waals surface area contributed by atoms with Gasteiger partial charge in [0.05, 0.1) is 0 Å². The van der Waals surface area contributed by atoms with Crippen molar-refractivity contribution < 1.29 is 9.47 Å². The molecule has 0 aliphatic carbocycles. The summed E-state index contributed by atoms with van der Waals surface area (Å²) in [5.74, 6) is 1.72. The molecule has 0 N–H and O–H groups in total. The van der Waals surface area contributed by atoms with E-state index in [0.717, 1.165) is 17.1 Å². The number of benzene rings is 1. The molecule has 0 saturated heterocycles. The van der Waals surface area contributed by atoms with Gasteiger partial charge in [-0.2, -0.15) is 0 Å². The average molecular weight is 206 g/mol. The SMILES string of the molecule is Cc1cccc2c1OC(C)(C)C(C)(C)O2. The molecule has 1 aromatic rings. The van der Waals surface area contributed by atoms with E-state index in [-0.39, 0.29) is 11.2 Å². The molecule has 1 aliphatic heterocycles. The fraction of sp³-hybridized carbons (Fsp3) is 0.538. The van der Waals surface area contributed by atoms with Crippen molar-refractivity contribution in [3.8, 4) is 11.5 Å². The van der Waals surface area contributed by atoms with Crippen molar-refractivity contribution in [3.05, 3.63) is 23.8 Å². The van der Waals surface area contributed by atoms with Crippen LogP contribution in [0.4, 0.5) is 0 Å². The summed E-state index contributed by atoms with van der Waals surface area (Å²) in [6, 6.07) is 5.99. The molecule has 0 aromatic heterocycles. The summed E-state index contributed by atoms with van der Waals surface area (Å²) in [5, 5.41) is 0. The van der Waals surface area contributed by atoms with Crippen molar-refractivity contribution in [2.75, 3.05) is 0 Å². The first-order valence-corrected chi connectivity index (χ1v) is 5.31. The Kier molecular flexibility index (Phi) is 2.00. The second kappa shape index (κ2) is 2.91. The van der Waals surface area contributed by atoms with Gasteiger partial charge in [0, 0.05) is 0 Å². The molecule has 0 radical (unpaired) electrons. The first-order chi connectivity index (χ1) is 6.83. The third kappa shape index (κ3) is 1.48. The van der Waals surface area contributed by atoms with Crippen LogP contribution in [0.2, 0.25) is 0 Å². The minimum absolute atomic E-state index is 0.312. The highest BCUT2D eigenvalue weighted by atomic mass is 16.6. The second-order valence-electron chi connectivity index (χ2n) is 5.13. The molecule has 0 spiro atoms. The van der Waals surface area contributed by atoms with Gasteiger partial charge >= 0.3 is 0 Å². The Hall–Kier alpha value is -1.18. The van der Waals surface area contributed by atoms with Crippen LogP contribution in [-0.2, 0) is 0 Å². The molecule has 1 aliphatic rings. The maximum absolute atomic E-state index is 6.04. The van der Waals surface area contributed by atoms with Crippen LogP contribution in [-0.4, -0.2) is 11.2 Å². The van der Waals surface area contributed by atoms with Crippen molar-refractivity contribution in [2.45, 2.75) is 45.8 Å².